The Bertz CT molecular complexity index is 409. The molecular weight excluding hydrogens is 278 g/mol. The maximum absolute atomic E-state index is 10.2. The molecule has 0 heterocycles. The van der Waals surface area contributed by atoms with Crippen molar-refractivity contribution in [3.05, 3.63) is 35.4 Å². The molecule has 1 rings (SSSR count). The van der Waals surface area contributed by atoms with E-state index in [4.69, 9.17) is 9.47 Å². The van der Waals surface area contributed by atoms with E-state index < -0.39 is 6.10 Å². The van der Waals surface area contributed by atoms with Gasteiger partial charge in [-0.05, 0) is 18.4 Å². The molecule has 0 radical (unpaired) electrons. The number of hydrogen-bond donors (Lipinski definition) is 1. The highest BCUT2D eigenvalue weighted by atomic mass is 16.5. The number of benzene rings is 1. The largest absolute Gasteiger partial charge is 0.389 e. The van der Waals surface area contributed by atoms with E-state index in [2.05, 4.69) is 49.9 Å². The predicted molar refractivity (Wildman–Crippen MR) is 90.0 cm³/mol. The fourth-order valence-electron chi connectivity index (χ4n) is 2.31. The number of aryl methyl sites for hydroxylation is 1. The Hall–Kier alpha value is -0.940. The van der Waals surface area contributed by atoms with Gasteiger partial charge in [-0.3, -0.25) is 4.90 Å². The van der Waals surface area contributed by atoms with Crippen molar-refractivity contribution in [3.8, 4) is 0 Å². The summed E-state index contributed by atoms with van der Waals surface area (Å²) in [5.41, 5.74) is 2.51. The molecule has 1 atom stereocenters. The second kappa shape index (κ2) is 10.7. The minimum Gasteiger partial charge on any atom is -0.389 e. The van der Waals surface area contributed by atoms with E-state index in [-0.39, 0.29) is 0 Å². The Morgan fingerprint density at radius 1 is 1.23 bits per heavy atom. The average molecular weight is 309 g/mol. The van der Waals surface area contributed by atoms with E-state index in [9.17, 15) is 5.11 Å². The zero-order chi connectivity index (χ0) is 16.4. The number of ether oxygens (including phenoxy) is 2. The molecule has 0 amide bonds. The lowest BCUT2D eigenvalue weighted by molar-refractivity contribution is 0.00336. The normalized spacial score (nSPS) is 13.0. The Labute approximate surface area is 135 Å². The number of aliphatic hydroxyl groups is 1. The molecule has 1 aromatic rings. The molecule has 1 N–H and O–H groups in total. The smallest absolute Gasteiger partial charge is 0.0900 e. The van der Waals surface area contributed by atoms with Crippen LogP contribution in [-0.4, -0.2) is 56.1 Å². The van der Waals surface area contributed by atoms with Gasteiger partial charge in [-0.2, -0.15) is 0 Å². The molecule has 126 valence electrons. The highest BCUT2D eigenvalue weighted by molar-refractivity contribution is 5.22. The Morgan fingerprint density at radius 3 is 2.64 bits per heavy atom. The van der Waals surface area contributed by atoms with Crippen LogP contribution >= 0.6 is 0 Å². The Morgan fingerprint density at radius 2 is 2.00 bits per heavy atom. The zero-order valence-corrected chi connectivity index (χ0v) is 14.4. The summed E-state index contributed by atoms with van der Waals surface area (Å²) in [5, 5.41) is 10.2. The van der Waals surface area contributed by atoms with Crippen molar-refractivity contribution in [1.82, 2.24) is 4.90 Å². The quantitative estimate of drug-likeness (QED) is 0.682. The molecule has 0 saturated heterocycles. The van der Waals surface area contributed by atoms with Gasteiger partial charge >= 0.3 is 0 Å². The zero-order valence-electron chi connectivity index (χ0n) is 14.4. The lowest BCUT2D eigenvalue weighted by Crippen LogP contribution is -2.36. The topological polar surface area (TPSA) is 41.9 Å². The molecule has 0 aromatic heterocycles. The first-order chi connectivity index (χ1) is 10.5. The third kappa shape index (κ3) is 8.49. The summed E-state index contributed by atoms with van der Waals surface area (Å²) in [5.74, 6) is 0.490. The van der Waals surface area contributed by atoms with E-state index in [1.165, 1.54) is 11.1 Å². The number of rotatable bonds is 11. The van der Waals surface area contributed by atoms with Crippen LogP contribution in [-0.2, 0) is 16.0 Å². The molecule has 0 aliphatic heterocycles. The van der Waals surface area contributed by atoms with Crippen LogP contribution in [0.15, 0.2) is 24.3 Å². The standard InChI is InChI=1S/C18H31NO3/c1-15(2)13-22-14-18(20)12-19(8-9-21-4)11-17-7-5-6-16(3)10-17/h5-7,10,15,18,20H,8-9,11-14H2,1-4H3/t18-/m1/s1. The number of methoxy groups -OCH3 is 1. The summed E-state index contributed by atoms with van der Waals surface area (Å²) in [7, 11) is 1.70. The molecule has 0 unspecified atom stereocenters. The highest BCUT2D eigenvalue weighted by Gasteiger charge is 2.13. The second-order valence-electron chi connectivity index (χ2n) is 6.30. The van der Waals surface area contributed by atoms with Crippen LogP contribution in [0.25, 0.3) is 0 Å². The van der Waals surface area contributed by atoms with Gasteiger partial charge in [-0.15, -0.1) is 0 Å². The van der Waals surface area contributed by atoms with Crippen LogP contribution in [0.5, 0.6) is 0 Å². The first kappa shape index (κ1) is 19.1. The van der Waals surface area contributed by atoms with E-state index >= 15 is 0 Å². The van der Waals surface area contributed by atoms with Crippen LogP contribution < -0.4 is 0 Å². The molecule has 0 fully saturated rings. The lowest BCUT2D eigenvalue weighted by atomic mass is 10.1. The van der Waals surface area contributed by atoms with Gasteiger partial charge < -0.3 is 14.6 Å². The molecule has 1 aromatic carbocycles. The van der Waals surface area contributed by atoms with E-state index in [0.717, 1.165) is 13.1 Å². The molecule has 0 bridgehead atoms. The average Bonchev–Trinajstić information content (AvgIpc) is 2.44. The molecule has 4 nitrogen and oxygen atoms in total. The summed E-state index contributed by atoms with van der Waals surface area (Å²) < 4.78 is 10.7. The van der Waals surface area contributed by atoms with Crippen molar-refractivity contribution < 1.29 is 14.6 Å². The van der Waals surface area contributed by atoms with Crippen molar-refractivity contribution in [1.29, 1.82) is 0 Å². The molecular formula is C18H31NO3. The lowest BCUT2D eigenvalue weighted by Gasteiger charge is -2.25. The number of nitrogens with zero attached hydrogens (tertiary/aromatic N) is 1. The Kier molecular flexibility index (Phi) is 9.32. The third-order valence-electron chi connectivity index (χ3n) is 3.33. The van der Waals surface area contributed by atoms with Crippen LogP contribution in [0.1, 0.15) is 25.0 Å². The van der Waals surface area contributed by atoms with E-state index in [1.807, 2.05) is 0 Å². The van der Waals surface area contributed by atoms with Crippen molar-refractivity contribution in [2.45, 2.75) is 33.4 Å². The van der Waals surface area contributed by atoms with Crippen LogP contribution in [0, 0.1) is 12.8 Å². The first-order valence-corrected chi connectivity index (χ1v) is 8.04. The summed E-state index contributed by atoms with van der Waals surface area (Å²) in [6, 6.07) is 8.47. The first-order valence-electron chi connectivity index (χ1n) is 8.04. The fourth-order valence-corrected chi connectivity index (χ4v) is 2.31. The van der Waals surface area contributed by atoms with Gasteiger partial charge in [0, 0.05) is 33.4 Å². The van der Waals surface area contributed by atoms with Gasteiger partial charge in [0.25, 0.3) is 0 Å². The van der Waals surface area contributed by atoms with Gasteiger partial charge in [0.05, 0.1) is 19.3 Å². The minimum atomic E-state index is -0.472. The Balaban J connectivity index is 2.48. The maximum Gasteiger partial charge on any atom is 0.0900 e. The van der Waals surface area contributed by atoms with Crippen molar-refractivity contribution in [2.75, 3.05) is 40.0 Å². The van der Waals surface area contributed by atoms with Crippen molar-refractivity contribution in [3.63, 3.8) is 0 Å². The van der Waals surface area contributed by atoms with Gasteiger partial charge in [-0.1, -0.05) is 43.7 Å². The molecule has 4 heteroatoms. The monoisotopic (exact) mass is 309 g/mol. The second-order valence-corrected chi connectivity index (χ2v) is 6.30. The van der Waals surface area contributed by atoms with Gasteiger partial charge in [0.1, 0.15) is 0 Å². The summed E-state index contributed by atoms with van der Waals surface area (Å²) >= 11 is 0. The van der Waals surface area contributed by atoms with Gasteiger partial charge in [-0.25, -0.2) is 0 Å². The number of hydrogen-bond acceptors (Lipinski definition) is 4. The van der Waals surface area contributed by atoms with Crippen molar-refractivity contribution in [2.24, 2.45) is 5.92 Å². The summed E-state index contributed by atoms with van der Waals surface area (Å²) in [4.78, 5) is 2.21. The molecule has 0 saturated carbocycles. The van der Waals surface area contributed by atoms with Crippen molar-refractivity contribution >= 4 is 0 Å². The third-order valence-corrected chi connectivity index (χ3v) is 3.33. The van der Waals surface area contributed by atoms with Gasteiger partial charge in [0.2, 0.25) is 0 Å². The molecule has 0 aliphatic rings. The van der Waals surface area contributed by atoms with E-state index in [0.29, 0.717) is 32.3 Å². The van der Waals surface area contributed by atoms with Crippen LogP contribution in [0.2, 0.25) is 0 Å². The SMILES string of the molecule is COCCN(Cc1cccc(C)c1)C[C@@H](O)COCC(C)C. The highest BCUT2D eigenvalue weighted by Crippen LogP contribution is 2.08. The minimum absolute atomic E-state index is 0.384. The van der Waals surface area contributed by atoms with Gasteiger partial charge in [0.15, 0.2) is 0 Å². The van der Waals surface area contributed by atoms with Crippen LogP contribution in [0.4, 0.5) is 0 Å². The molecule has 0 spiro atoms. The predicted octanol–water partition coefficient (Wildman–Crippen LogP) is 2.48. The maximum atomic E-state index is 10.2. The summed E-state index contributed by atoms with van der Waals surface area (Å²) in [6.07, 6.45) is -0.472. The molecule has 0 aliphatic carbocycles. The molecule has 22 heavy (non-hydrogen) atoms. The van der Waals surface area contributed by atoms with Crippen LogP contribution in [0.3, 0.4) is 0 Å². The number of aliphatic hydroxyl groups excluding tert-OH is 1. The van der Waals surface area contributed by atoms with E-state index in [1.54, 1.807) is 7.11 Å². The fraction of sp³-hybridized carbons (Fsp3) is 0.667. The summed E-state index contributed by atoms with van der Waals surface area (Å²) in [6.45, 7) is 10.2.